The van der Waals surface area contributed by atoms with Gasteiger partial charge in [0.25, 0.3) is 0 Å². The van der Waals surface area contributed by atoms with Gasteiger partial charge < -0.3 is 5.73 Å². The molecule has 0 spiro atoms. The number of nitrogens with zero attached hydrogens (tertiary/aromatic N) is 3. The molecule has 3 heterocycles. The van der Waals surface area contributed by atoms with E-state index in [2.05, 4.69) is 15.2 Å². The van der Waals surface area contributed by atoms with Crippen LogP contribution in [0.25, 0.3) is 5.70 Å². The highest BCUT2D eigenvalue weighted by molar-refractivity contribution is 8.04. The number of anilines is 1. The van der Waals surface area contributed by atoms with Crippen molar-refractivity contribution < 1.29 is 4.39 Å². The van der Waals surface area contributed by atoms with Crippen LogP contribution < -0.4 is 10.6 Å². The number of aromatic amines is 1. The van der Waals surface area contributed by atoms with Crippen molar-refractivity contribution in [3.63, 3.8) is 0 Å². The quantitative estimate of drug-likeness (QED) is 0.909. The van der Waals surface area contributed by atoms with Crippen LogP contribution in [0.3, 0.4) is 0 Å². The van der Waals surface area contributed by atoms with Crippen LogP contribution in [0.1, 0.15) is 18.2 Å². The zero-order valence-electron chi connectivity index (χ0n) is 10.9. The van der Waals surface area contributed by atoms with Gasteiger partial charge in [0.05, 0.1) is 17.6 Å². The third-order valence-electron chi connectivity index (χ3n) is 3.07. The number of nitrogens with two attached hydrogens (primary N) is 1. The minimum Gasteiger partial charge on any atom is -0.302 e. The molecule has 1 atom stereocenters. The average molecular weight is 291 g/mol. The highest BCUT2D eigenvalue weighted by Gasteiger charge is 2.31. The average Bonchev–Trinajstić information content (AvgIpc) is 3.06. The van der Waals surface area contributed by atoms with Crippen LogP contribution in [0.2, 0.25) is 0 Å². The van der Waals surface area contributed by atoms with E-state index in [4.69, 9.17) is 5.73 Å². The first-order chi connectivity index (χ1) is 9.70. The molecule has 20 heavy (non-hydrogen) atoms. The van der Waals surface area contributed by atoms with Crippen molar-refractivity contribution in [2.24, 2.45) is 5.73 Å². The molecule has 0 saturated heterocycles. The maximum Gasteiger partial charge on any atom is 0.135 e. The Hall–Kier alpha value is -1.86. The summed E-state index contributed by atoms with van der Waals surface area (Å²) in [5.41, 5.74) is 8.19. The fourth-order valence-electron chi connectivity index (χ4n) is 2.23. The van der Waals surface area contributed by atoms with Crippen LogP contribution in [0, 0.1) is 0 Å². The monoisotopic (exact) mass is 291 g/mol. The van der Waals surface area contributed by atoms with Gasteiger partial charge in [-0.25, -0.2) is 9.37 Å². The number of rotatable bonds is 3. The first-order valence-corrected chi connectivity index (χ1v) is 7.02. The van der Waals surface area contributed by atoms with Gasteiger partial charge in [0, 0.05) is 16.7 Å². The van der Waals surface area contributed by atoms with Gasteiger partial charge in [-0.2, -0.15) is 5.10 Å². The molecule has 5 nitrogen and oxygen atoms in total. The number of pyridine rings is 1. The second-order valence-corrected chi connectivity index (χ2v) is 5.72. The Labute approximate surface area is 120 Å². The van der Waals surface area contributed by atoms with E-state index < -0.39 is 6.67 Å². The molecule has 1 aliphatic rings. The molecule has 0 aromatic carbocycles. The zero-order valence-corrected chi connectivity index (χ0v) is 11.7. The van der Waals surface area contributed by atoms with Gasteiger partial charge in [0.2, 0.25) is 0 Å². The number of nitrogens with one attached hydrogen (secondary N) is 1. The van der Waals surface area contributed by atoms with E-state index in [1.54, 1.807) is 30.1 Å². The van der Waals surface area contributed by atoms with E-state index in [-0.39, 0.29) is 5.50 Å². The van der Waals surface area contributed by atoms with Gasteiger partial charge in [-0.15, -0.1) is 0 Å². The third kappa shape index (κ3) is 2.19. The Morgan fingerprint density at radius 1 is 1.50 bits per heavy atom. The fraction of sp³-hybridized carbons (Fsp3) is 0.231. The maximum absolute atomic E-state index is 12.8. The Kier molecular flexibility index (Phi) is 3.45. The van der Waals surface area contributed by atoms with E-state index in [1.807, 2.05) is 24.1 Å². The number of alkyl halides is 1. The SMILES string of the molecule is CC1=C(c2cn[nH]c2)N(c2cccc(CF)n2)C(N)S1. The standard InChI is InChI=1S/C13H14FN5S/c1-8-12(9-6-16-17-7-9)19(13(15)20-8)11-4-2-3-10(5-14)18-11/h2-4,6-7,13H,5,15H2,1H3,(H,16,17). The summed E-state index contributed by atoms with van der Waals surface area (Å²) in [7, 11) is 0. The van der Waals surface area contributed by atoms with Crippen molar-refractivity contribution in [3.8, 4) is 0 Å². The van der Waals surface area contributed by atoms with Crippen molar-refractivity contribution in [2.45, 2.75) is 19.1 Å². The molecule has 0 aliphatic carbocycles. The smallest absolute Gasteiger partial charge is 0.135 e. The zero-order chi connectivity index (χ0) is 14.1. The van der Waals surface area contributed by atoms with Gasteiger partial charge in [0.15, 0.2) is 0 Å². The number of thioether (sulfide) groups is 1. The molecule has 3 N–H and O–H groups in total. The predicted octanol–water partition coefficient (Wildman–Crippen LogP) is 2.46. The van der Waals surface area contributed by atoms with Crippen molar-refractivity contribution in [2.75, 3.05) is 4.90 Å². The lowest BCUT2D eigenvalue weighted by molar-refractivity contribution is 0.476. The highest BCUT2D eigenvalue weighted by atomic mass is 32.2. The molecule has 0 saturated carbocycles. The first-order valence-electron chi connectivity index (χ1n) is 6.14. The molecule has 3 rings (SSSR count). The van der Waals surface area contributed by atoms with Gasteiger partial charge in [-0.1, -0.05) is 17.8 Å². The third-order valence-corrected chi connectivity index (χ3v) is 4.07. The summed E-state index contributed by atoms with van der Waals surface area (Å²) in [4.78, 5) is 7.31. The Morgan fingerprint density at radius 2 is 2.35 bits per heavy atom. The van der Waals surface area contributed by atoms with E-state index >= 15 is 0 Å². The van der Waals surface area contributed by atoms with Gasteiger partial charge in [-0.3, -0.25) is 10.00 Å². The molecule has 2 aromatic rings. The predicted molar refractivity (Wildman–Crippen MR) is 78.3 cm³/mol. The maximum atomic E-state index is 12.8. The largest absolute Gasteiger partial charge is 0.302 e. The first kappa shape index (κ1) is 13.1. The summed E-state index contributed by atoms with van der Waals surface area (Å²) in [6.45, 7) is 1.42. The van der Waals surface area contributed by atoms with Gasteiger partial charge in [-0.05, 0) is 19.1 Å². The summed E-state index contributed by atoms with van der Waals surface area (Å²) in [5.74, 6) is 0.646. The van der Waals surface area contributed by atoms with E-state index in [1.165, 1.54) is 0 Å². The second-order valence-electron chi connectivity index (χ2n) is 4.39. The molecule has 1 unspecified atom stereocenters. The van der Waals surface area contributed by atoms with Crippen LogP contribution in [0.5, 0.6) is 0 Å². The Balaban J connectivity index is 2.06. The lowest BCUT2D eigenvalue weighted by Crippen LogP contribution is -2.35. The molecule has 0 radical (unpaired) electrons. The van der Waals surface area contributed by atoms with Crippen LogP contribution in [-0.4, -0.2) is 20.7 Å². The molecule has 0 bridgehead atoms. The molecular weight excluding hydrogens is 277 g/mol. The molecule has 7 heteroatoms. The van der Waals surface area contributed by atoms with Crippen LogP contribution in [0.15, 0.2) is 35.5 Å². The normalized spacial score (nSPS) is 18.9. The Bertz CT molecular complexity index is 640. The molecule has 1 aliphatic heterocycles. The van der Waals surface area contributed by atoms with E-state index in [0.29, 0.717) is 11.5 Å². The second kappa shape index (κ2) is 5.26. The molecule has 0 amide bonds. The molecule has 0 fully saturated rings. The number of allylic oxidation sites excluding steroid dienone is 1. The molecule has 104 valence electrons. The van der Waals surface area contributed by atoms with E-state index in [0.717, 1.165) is 16.2 Å². The topological polar surface area (TPSA) is 70.8 Å². The van der Waals surface area contributed by atoms with Crippen LogP contribution in [-0.2, 0) is 6.67 Å². The number of H-pyrrole nitrogens is 1. The summed E-state index contributed by atoms with van der Waals surface area (Å²) in [6.07, 6.45) is 3.55. The van der Waals surface area contributed by atoms with Crippen molar-refractivity contribution in [1.29, 1.82) is 0 Å². The van der Waals surface area contributed by atoms with E-state index in [9.17, 15) is 4.39 Å². The van der Waals surface area contributed by atoms with Gasteiger partial charge in [0.1, 0.15) is 18.0 Å². The lowest BCUT2D eigenvalue weighted by atomic mass is 10.2. The number of aromatic nitrogens is 3. The van der Waals surface area contributed by atoms with Crippen molar-refractivity contribution in [1.82, 2.24) is 15.2 Å². The van der Waals surface area contributed by atoms with Crippen molar-refractivity contribution >= 4 is 23.3 Å². The minimum absolute atomic E-state index is 0.276. The number of halogens is 1. The highest BCUT2D eigenvalue weighted by Crippen LogP contribution is 2.42. The number of hydrogen-bond donors (Lipinski definition) is 2. The molecular formula is C13H14FN5S. The molecule has 2 aromatic heterocycles. The summed E-state index contributed by atoms with van der Waals surface area (Å²) in [6, 6.07) is 5.28. The summed E-state index contributed by atoms with van der Waals surface area (Å²) >= 11 is 1.55. The minimum atomic E-state index is -0.589. The summed E-state index contributed by atoms with van der Waals surface area (Å²) in [5, 5.41) is 6.77. The Morgan fingerprint density at radius 3 is 3.05 bits per heavy atom. The van der Waals surface area contributed by atoms with Crippen LogP contribution >= 0.6 is 11.8 Å². The number of hydrogen-bond acceptors (Lipinski definition) is 5. The fourth-order valence-corrected chi connectivity index (χ4v) is 3.24. The lowest BCUT2D eigenvalue weighted by Gasteiger charge is -2.25. The van der Waals surface area contributed by atoms with Crippen molar-refractivity contribution in [3.05, 3.63) is 46.8 Å². The summed E-state index contributed by atoms with van der Waals surface area (Å²) < 4.78 is 12.8. The van der Waals surface area contributed by atoms with Crippen LogP contribution in [0.4, 0.5) is 10.2 Å². The van der Waals surface area contributed by atoms with Gasteiger partial charge >= 0.3 is 0 Å².